The van der Waals surface area contributed by atoms with E-state index in [4.69, 9.17) is 14.2 Å². The molecule has 0 atom stereocenters. The molecule has 0 aromatic heterocycles. The lowest BCUT2D eigenvalue weighted by Gasteiger charge is -2.14. The highest BCUT2D eigenvalue weighted by Crippen LogP contribution is 2.38. The molecule has 0 heterocycles. The molecule has 0 unspecified atom stereocenters. The average molecular weight is 515 g/mol. The van der Waals surface area contributed by atoms with Gasteiger partial charge in [0.15, 0.2) is 17.5 Å². The number of nitrogens with one attached hydrogen (secondary N) is 2. The van der Waals surface area contributed by atoms with E-state index < -0.39 is 0 Å². The number of aromatic hydroxyl groups is 1. The molecule has 2 aromatic rings. The first-order valence-corrected chi connectivity index (χ1v) is 9.20. The van der Waals surface area contributed by atoms with E-state index in [0.29, 0.717) is 30.3 Å². The van der Waals surface area contributed by atoms with Gasteiger partial charge in [0.2, 0.25) is 5.75 Å². The zero-order valence-electron chi connectivity index (χ0n) is 17.3. The lowest BCUT2D eigenvalue weighted by atomic mass is 10.1. The molecule has 0 spiro atoms. The number of methoxy groups -OCH3 is 3. The van der Waals surface area contributed by atoms with Crippen LogP contribution in [0.4, 0.5) is 0 Å². The highest BCUT2D eigenvalue weighted by atomic mass is 127. The van der Waals surface area contributed by atoms with Gasteiger partial charge in [0, 0.05) is 13.1 Å². The molecule has 0 aliphatic rings. The van der Waals surface area contributed by atoms with Gasteiger partial charge in [0.1, 0.15) is 5.75 Å². The Hall–Kier alpha value is -2.36. The molecule has 0 bridgehead atoms. The second-order valence-electron chi connectivity index (χ2n) is 6.08. The van der Waals surface area contributed by atoms with E-state index >= 15 is 0 Å². The van der Waals surface area contributed by atoms with Gasteiger partial charge in [-0.1, -0.05) is 12.1 Å². The molecule has 160 valence electrons. The quantitative estimate of drug-likeness (QED) is 0.270. The fraction of sp³-hybridized carbons (Fsp3) is 0.381. The molecular formula is C21H30IN3O4. The minimum Gasteiger partial charge on any atom is -0.508 e. The normalized spacial score (nSPS) is 10.7. The number of benzene rings is 2. The Morgan fingerprint density at radius 1 is 0.966 bits per heavy atom. The van der Waals surface area contributed by atoms with Gasteiger partial charge in [-0.15, -0.1) is 24.0 Å². The number of hydrogen-bond acceptors (Lipinski definition) is 5. The fourth-order valence-electron chi connectivity index (χ4n) is 2.78. The molecule has 0 radical (unpaired) electrons. The standard InChI is InChI=1S/C21H29N3O4.HI/c1-5-22-21(23-10-9-15-7-6-8-17(25)11-15)24-14-16-12-18(26-2)20(28-4)19(13-16)27-3;/h6-8,11-13,25H,5,9-10,14H2,1-4H3,(H2,22,23,24);1H. The number of phenols is 1. The second-order valence-corrected chi connectivity index (χ2v) is 6.08. The third-order valence-corrected chi connectivity index (χ3v) is 4.11. The summed E-state index contributed by atoms with van der Waals surface area (Å²) in [5.74, 6) is 2.77. The number of guanidine groups is 1. The van der Waals surface area contributed by atoms with Crippen molar-refractivity contribution in [3.05, 3.63) is 47.5 Å². The summed E-state index contributed by atoms with van der Waals surface area (Å²) in [6.07, 6.45) is 0.781. The minimum atomic E-state index is 0. The monoisotopic (exact) mass is 515 g/mol. The maximum atomic E-state index is 9.55. The maximum absolute atomic E-state index is 9.55. The Bertz CT molecular complexity index is 774. The van der Waals surface area contributed by atoms with Crippen LogP contribution in [-0.4, -0.2) is 45.5 Å². The van der Waals surface area contributed by atoms with E-state index in [1.54, 1.807) is 33.5 Å². The van der Waals surface area contributed by atoms with E-state index in [9.17, 15) is 5.11 Å². The van der Waals surface area contributed by atoms with Crippen LogP contribution in [-0.2, 0) is 13.0 Å². The fourth-order valence-corrected chi connectivity index (χ4v) is 2.78. The average Bonchev–Trinajstić information content (AvgIpc) is 2.71. The van der Waals surface area contributed by atoms with E-state index in [1.807, 2.05) is 31.2 Å². The van der Waals surface area contributed by atoms with Crippen LogP contribution in [0.25, 0.3) is 0 Å². The molecule has 0 aliphatic heterocycles. The Labute approximate surface area is 189 Å². The smallest absolute Gasteiger partial charge is 0.203 e. The molecule has 0 saturated carbocycles. The summed E-state index contributed by atoms with van der Waals surface area (Å²) in [6, 6.07) is 11.0. The van der Waals surface area contributed by atoms with E-state index in [0.717, 1.165) is 30.1 Å². The molecule has 2 rings (SSSR count). The first-order chi connectivity index (χ1) is 13.6. The van der Waals surface area contributed by atoms with Crippen LogP contribution in [0.3, 0.4) is 0 Å². The summed E-state index contributed by atoms with van der Waals surface area (Å²) in [4.78, 5) is 4.63. The van der Waals surface area contributed by atoms with Crippen molar-refractivity contribution in [2.45, 2.75) is 19.9 Å². The molecule has 0 aliphatic carbocycles. The minimum absolute atomic E-state index is 0. The van der Waals surface area contributed by atoms with Gasteiger partial charge in [-0.3, -0.25) is 0 Å². The van der Waals surface area contributed by atoms with Gasteiger partial charge >= 0.3 is 0 Å². The summed E-state index contributed by atoms with van der Waals surface area (Å²) in [6.45, 7) is 3.93. The Morgan fingerprint density at radius 2 is 1.66 bits per heavy atom. The van der Waals surface area contributed by atoms with Crippen molar-refractivity contribution >= 4 is 29.9 Å². The topological polar surface area (TPSA) is 84.3 Å². The van der Waals surface area contributed by atoms with Crippen LogP contribution >= 0.6 is 24.0 Å². The van der Waals surface area contributed by atoms with E-state index in [1.165, 1.54) is 0 Å². The predicted octanol–water partition coefficient (Wildman–Crippen LogP) is 3.33. The molecule has 7 nitrogen and oxygen atoms in total. The van der Waals surface area contributed by atoms with Gasteiger partial charge in [-0.05, 0) is 48.7 Å². The predicted molar refractivity (Wildman–Crippen MR) is 126 cm³/mol. The van der Waals surface area contributed by atoms with Gasteiger partial charge in [-0.25, -0.2) is 4.99 Å². The number of phenolic OH excluding ortho intramolecular Hbond substituents is 1. The molecule has 0 amide bonds. The van der Waals surface area contributed by atoms with Gasteiger partial charge < -0.3 is 30.0 Å². The molecule has 8 heteroatoms. The maximum Gasteiger partial charge on any atom is 0.203 e. The van der Waals surface area contributed by atoms with Crippen LogP contribution in [0, 0.1) is 0 Å². The van der Waals surface area contributed by atoms with Crippen LogP contribution in [0.1, 0.15) is 18.1 Å². The van der Waals surface area contributed by atoms with Crippen molar-refractivity contribution in [1.29, 1.82) is 0 Å². The number of hydrogen-bond donors (Lipinski definition) is 3. The zero-order valence-corrected chi connectivity index (χ0v) is 19.7. The van der Waals surface area contributed by atoms with Crippen molar-refractivity contribution in [1.82, 2.24) is 10.6 Å². The molecule has 2 aromatic carbocycles. The van der Waals surface area contributed by atoms with Crippen molar-refractivity contribution in [3.8, 4) is 23.0 Å². The van der Waals surface area contributed by atoms with Gasteiger partial charge in [0.25, 0.3) is 0 Å². The summed E-state index contributed by atoms with van der Waals surface area (Å²) < 4.78 is 16.1. The number of aliphatic imine (C=N–C) groups is 1. The number of halogens is 1. The Balaban J connectivity index is 0.00000420. The Morgan fingerprint density at radius 3 is 2.21 bits per heavy atom. The van der Waals surface area contributed by atoms with Crippen LogP contribution in [0.15, 0.2) is 41.4 Å². The number of ether oxygens (including phenoxy) is 3. The largest absolute Gasteiger partial charge is 0.508 e. The lowest BCUT2D eigenvalue weighted by Crippen LogP contribution is -2.38. The van der Waals surface area contributed by atoms with Crippen molar-refractivity contribution in [3.63, 3.8) is 0 Å². The number of nitrogens with zero attached hydrogens (tertiary/aromatic N) is 1. The third kappa shape index (κ3) is 7.52. The molecule has 29 heavy (non-hydrogen) atoms. The van der Waals surface area contributed by atoms with Gasteiger partial charge in [-0.2, -0.15) is 0 Å². The van der Waals surface area contributed by atoms with Crippen molar-refractivity contribution in [2.24, 2.45) is 4.99 Å². The third-order valence-electron chi connectivity index (χ3n) is 4.11. The summed E-state index contributed by atoms with van der Waals surface area (Å²) in [7, 11) is 4.77. The van der Waals surface area contributed by atoms with Crippen LogP contribution in [0.5, 0.6) is 23.0 Å². The SMILES string of the molecule is CCNC(=NCc1cc(OC)c(OC)c(OC)c1)NCCc1cccc(O)c1.I. The number of rotatable bonds is 9. The van der Waals surface area contributed by atoms with Crippen LogP contribution < -0.4 is 24.8 Å². The second kappa shape index (κ2) is 13.0. The molecule has 0 saturated heterocycles. The highest BCUT2D eigenvalue weighted by Gasteiger charge is 2.13. The summed E-state index contributed by atoms with van der Waals surface area (Å²) in [5, 5.41) is 16.1. The highest BCUT2D eigenvalue weighted by molar-refractivity contribution is 14.0. The van der Waals surface area contributed by atoms with Gasteiger partial charge in [0.05, 0.1) is 27.9 Å². The zero-order chi connectivity index (χ0) is 20.4. The lowest BCUT2D eigenvalue weighted by molar-refractivity contribution is 0.324. The summed E-state index contributed by atoms with van der Waals surface area (Å²) >= 11 is 0. The first-order valence-electron chi connectivity index (χ1n) is 9.20. The molecule has 3 N–H and O–H groups in total. The first kappa shape index (κ1) is 24.7. The van der Waals surface area contributed by atoms with Crippen molar-refractivity contribution < 1.29 is 19.3 Å². The molecule has 0 fully saturated rings. The van der Waals surface area contributed by atoms with E-state index in [2.05, 4.69) is 15.6 Å². The van der Waals surface area contributed by atoms with E-state index in [-0.39, 0.29) is 29.7 Å². The Kier molecular flexibility index (Phi) is 11.0. The summed E-state index contributed by atoms with van der Waals surface area (Å²) in [5.41, 5.74) is 2.01. The van der Waals surface area contributed by atoms with Crippen molar-refractivity contribution in [2.75, 3.05) is 34.4 Å². The van der Waals surface area contributed by atoms with Crippen LogP contribution in [0.2, 0.25) is 0 Å². The molecular weight excluding hydrogens is 485 g/mol.